The van der Waals surface area contributed by atoms with Crippen LogP contribution in [0.1, 0.15) is 43.0 Å². The molecule has 19 heavy (non-hydrogen) atoms. The molecule has 1 aromatic rings. The van der Waals surface area contributed by atoms with Gasteiger partial charge in [0.05, 0.1) is 5.60 Å². The fraction of sp³-hybridized carbons (Fsp3) is 0.533. The van der Waals surface area contributed by atoms with Crippen molar-refractivity contribution in [3.63, 3.8) is 0 Å². The van der Waals surface area contributed by atoms with E-state index in [-0.39, 0.29) is 5.91 Å². The van der Waals surface area contributed by atoms with Crippen molar-refractivity contribution in [3.8, 4) is 0 Å². The van der Waals surface area contributed by atoms with Crippen molar-refractivity contribution in [2.24, 2.45) is 5.92 Å². The summed E-state index contributed by atoms with van der Waals surface area (Å²) in [7, 11) is 0. The Balaban J connectivity index is 1.88. The lowest BCUT2D eigenvalue weighted by atomic mass is 9.79. The van der Waals surface area contributed by atoms with Gasteiger partial charge in [-0.2, -0.15) is 0 Å². The van der Waals surface area contributed by atoms with Crippen molar-refractivity contribution in [2.75, 3.05) is 6.54 Å². The normalized spacial score (nSPS) is 27.0. The molecule has 0 bridgehead atoms. The first kappa shape index (κ1) is 14.8. The molecule has 0 aromatic heterocycles. The van der Waals surface area contributed by atoms with Gasteiger partial charge in [0.1, 0.15) is 0 Å². The Bertz CT molecular complexity index is 436. The van der Waals surface area contributed by atoms with Gasteiger partial charge >= 0.3 is 0 Å². The average molecular weight is 373 g/mol. The molecule has 0 unspecified atom stereocenters. The molecule has 1 aromatic carbocycles. The Morgan fingerprint density at radius 3 is 2.53 bits per heavy atom. The number of carbonyl (C=O) groups is 1. The van der Waals surface area contributed by atoms with E-state index in [1.807, 2.05) is 24.3 Å². The lowest BCUT2D eigenvalue weighted by Crippen LogP contribution is -2.45. The van der Waals surface area contributed by atoms with Crippen molar-refractivity contribution in [3.05, 3.63) is 33.4 Å². The molecular weight excluding hydrogens is 353 g/mol. The molecule has 0 atom stereocenters. The monoisotopic (exact) mass is 373 g/mol. The largest absolute Gasteiger partial charge is 0.388 e. The first-order chi connectivity index (χ1) is 8.98. The Hall–Kier alpha value is -0.620. The van der Waals surface area contributed by atoms with Crippen LogP contribution in [0.4, 0.5) is 0 Å². The highest BCUT2D eigenvalue weighted by atomic mass is 127. The zero-order valence-corrected chi connectivity index (χ0v) is 13.3. The molecule has 0 spiro atoms. The number of aliphatic hydroxyl groups is 1. The second-order valence-corrected chi connectivity index (χ2v) is 6.84. The summed E-state index contributed by atoms with van der Waals surface area (Å²) in [4.78, 5) is 12.0. The summed E-state index contributed by atoms with van der Waals surface area (Å²) in [5.74, 6) is 0.579. The topological polar surface area (TPSA) is 49.3 Å². The van der Waals surface area contributed by atoms with E-state index in [4.69, 9.17) is 0 Å². The van der Waals surface area contributed by atoms with Gasteiger partial charge in [0.25, 0.3) is 5.91 Å². The van der Waals surface area contributed by atoms with Crippen LogP contribution in [0.5, 0.6) is 0 Å². The van der Waals surface area contributed by atoms with E-state index < -0.39 is 5.60 Å². The molecule has 1 aliphatic rings. The molecule has 1 aliphatic carbocycles. The molecule has 1 amide bonds. The van der Waals surface area contributed by atoms with Crippen LogP contribution in [-0.2, 0) is 0 Å². The summed E-state index contributed by atoms with van der Waals surface area (Å²) < 4.78 is 1.11. The van der Waals surface area contributed by atoms with Crippen molar-refractivity contribution >= 4 is 28.5 Å². The maximum atomic E-state index is 12.0. The standard InChI is InChI=1S/C15H20INO2/c1-11-6-8-15(19,9-7-11)10-17-14(18)12-2-4-13(16)5-3-12/h2-5,11,19H,6-10H2,1H3,(H,17,18). The maximum Gasteiger partial charge on any atom is 0.251 e. The number of amides is 1. The molecule has 4 heteroatoms. The third kappa shape index (κ3) is 4.18. The van der Waals surface area contributed by atoms with E-state index in [9.17, 15) is 9.90 Å². The average Bonchev–Trinajstić information content (AvgIpc) is 2.41. The highest BCUT2D eigenvalue weighted by Crippen LogP contribution is 2.31. The zero-order valence-electron chi connectivity index (χ0n) is 11.2. The number of hydrogen-bond donors (Lipinski definition) is 2. The minimum Gasteiger partial charge on any atom is -0.388 e. The summed E-state index contributed by atoms with van der Waals surface area (Å²) in [6.07, 6.45) is 3.63. The third-order valence-corrected chi connectivity index (χ3v) is 4.61. The van der Waals surface area contributed by atoms with Crippen LogP contribution < -0.4 is 5.32 Å². The molecule has 0 aliphatic heterocycles. The lowest BCUT2D eigenvalue weighted by molar-refractivity contribution is -0.00539. The first-order valence-corrected chi connectivity index (χ1v) is 7.82. The molecule has 3 nitrogen and oxygen atoms in total. The first-order valence-electron chi connectivity index (χ1n) is 6.75. The number of hydrogen-bond acceptors (Lipinski definition) is 2. The minimum atomic E-state index is -0.717. The van der Waals surface area contributed by atoms with E-state index in [1.165, 1.54) is 0 Å². The highest BCUT2D eigenvalue weighted by Gasteiger charge is 2.32. The van der Waals surface area contributed by atoms with Gasteiger partial charge in [-0.15, -0.1) is 0 Å². The Kier molecular flexibility index (Phi) is 4.84. The van der Waals surface area contributed by atoms with Gasteiger partial charge in [-0.25, -0.2) is 0 Å². The van der Waals surface area contributed by atoms with E-state index in [2.05, 4.69) is 34.8 Å². The SMILES string of the molecule is CC1CCC(O)(CNC(=O)c2ccc(I)cc2)CC1. The maximum absolute atomic E-state index is 12.0. The summed E-state index contributed by atoms with van der Waals surface area (Å²) in [5.41, 5.74) is -0.0704. The van der Waals surface area contributed by atoms with Crippen LogP contribution in [0.2, 0.25) is 0 Å². The molecule has 1 saturated carbocycles. The number of rotatable bonds is 3. The molecule has 104 valence electrons. The number of halogens is 1. The minimum absolute atomic E-state index is 0.108. The third-order valence-electron chi connectivity index (χ3n) is 3.89. The van der Waals surface area contributed by atoms with Gasteiger partial charge < -0.3 is 10.4 Å². The molecule has 2 N–H and O–H groups in total. The highest BCUT2D eigenvalue weighted by molar-refractivity contribution is 14.1. The van der Waals surface area contributed by atoms with Gasteiger partial charge in [0.15, 0.2) is 0 Å². The fourth-order valence-electron chi connectivity index (χ4n) is 2.42. The fourth-order valence-corrected chi connectivity index (χ4v) is 2.78. The second-order valence-electron chi connectivity index (χ2n) is 5.60. The molecule has 0 saturated heterocycles. The van der Waals surface area contributed by atoms with Gasteiger partial charge in [0.2, 0.25) is 0 Å². The Morgan fingerprint density at radius 2 is 1.95 bits per heavy atom. The summed E-state index contributed by atoms with van der Waals surface area (Å²) >= 11 is 2.21. The van der Waals surface area contributed by atoms with Gasteiger partial charge in [-0.1, -0.05) is 6.92 Å². The summed E-state index contributed by atoms with van der Waals surface area (Å²) in [6, 6.07) is 7.44. The van der Waals surface area contributed by atoms with Crippen LogP contribution >= 0.6 is 22.6 Å². The van der Waals surface area contributed by atoms with Crippen molar-refractivity contribution in [2.45, 2.75) is 38.2 Å². The predicted octanol–water partition coefficient (Wildman–Crippen LogP) is 2.96. The zero-order chi connectivity index (χ0) is 13.9. The van der Waals surface area contributed by atoms with Crippen LogP contribution in [0, 0.1) is 9.49 Å². The summed E-state index contributed by atoms with van der Waals surface area (Å²) in [6.45, 7) is 2.56. The van der Waals surface area contributed by atoms with Crippen LogP contribution in [0.3, 0.4) is 0 Å². The van der Waals surface area contributed by atoms with Gasteiger partial charge in [-0.3, -0.25) is 4.79 Å². The van der Waals surface area contributed by atoms with E-state index in [1.54, 1.807) is 0 Å². The summed E-state index contributed by atoms with van der Waals surface area (Å²) in [5, 5.41) is 13.3. The lowest BCUT2D eigenvalue weighted by Gasteiger charge is -2.34. The van der Waals surface area contributed by atoms with Gasteiger partial charge in [-0.05, 0) is 78.5 Å². The van der Waals surface area contributed by atoms with Crippen LogP contribution in [0.15, 0.2) is 24.3 Å². The second kappa shape index (κ2) is 6.22. The number of nitrogens with one attached hydrogen (secondary N) is 1. The van der Waals surface area contributed by atoms with Crippen molar-refractivity contribution < 1.29 is 9.90 Å². The molecule has 2 rings (SSSR count). The van der Waals surface area contributed by atoms with E-state index in [0.717, 1.165) is 29.3 Å². The van der Waals surface area contributed by atoms with Crippen LogP contribution in [0.25, 0.3) is 0 Å². The molecular formula is C15H20INO2. The van der Waals surface area contributed by atoms with Crippen LogP contribution in [-0.4, -0.2) is 23.2 Å². The molecule has 0 radical (unpaired) electrons. The quantitative estimate of drug-likeness (QED) is 0.801. The molecule has 1 fully saturated rings. The van der Waals surface area contributed by atoms with E-state index in [0.29, 0.717) is 18.0 Å². The number of carbonyl (C=O) groups excluding carboxylic acids is 1. The predicted molar refractivity (Wildman–Crippen MR) is 84.1 cm³/mol. The van der Waals surface area contributed by atoms with Crippen molar-refractivity contribution in [1.82, 2.24) is 5.32 Å². The smallest absolute Gasteiger partial charge is 0.251 e. The number of benzene rings is 1. The molecule has 0 heterocycles. The van der Waals surface area contributed by atoms with E-state index >= 15 is 0 Å². The van der Waals surface area contributed by atoms with Crippen molar-refractivity contribution in [1.29, 1.82) is 0 Å². The Morgan fingerprint density at radius 1 is 1.37 bits per heavy atom. The Labute approximate surface area is 127 Å². The van der Waals surface area contributed by atoms with Gasteiger partial charge in [0, 0.05) is 15.7 Å².